The summed E-state index contributed by atoms with van der Waals surface area (Å²) in [6.07, 6.45) is 7.50. The highest BCUT2D eigenvalue weighted by Crippen LogP contribution is 2.35. The summed E-state index contributed by atoms with van der Waals surface area (Å²) in [5.74, 6) is -0.337. The number of ether oxygens (including phenoxy) is 1. The second-order valence-electron chi connectivity index (χ2n) is 6.92. The van der Waals surface area contributed by atoms with Gasteiger partial charge in [0.15, 0.2) is 0 Å². The van der Waals surface area contributed by atoms with Crippen molar-refractivity contribution in [1.82, 2.24) is 14.8 Å². The van der Waals surface area contributed by atoms with Gasteiger partial charge >= 0.3 is 5.97 Å². The topological polar surface area (TPSA) is 83.0 Å². The Kier molecular flexibility index (Phi) is 5.53. The number of fused-ring (bicyclic) bond motifs is 3. The molecule has 0 radical (unpaired) electrons. The van der Waals surface area contributed by atoms with Crippen LogP contribution in [0, 0.1) is 0 Å². The highest BCUT2D eigenvalue weighted by Gasteiger charge is 2.29. The molecule has 0 atom stereocenters. The van der Waals surface area contributed by atoms with Crippen LogP contribution in [0.25, 0.3) is 23.4 Å². The fraction of sp³-hybridized carbons (Fsp3) is 0.261. The van der Waals surface area contributed by atoms with Crippen LogP contribution >= 0.6 is 0 Å². The minimum absolute atomic E-state index is 0.330. The van der Waals surface area contributed by atoms with Gasteiger partial charge in [0.05, 0.1) is 24.5 Å². The molecular weight excluding hydrogens is 364 g/mol. The second-order valence-corrected chi connectivity index (χ2v) is 6.92. The van der Waals surface area contributed by atoms with E-state index in [1.165, 1.54) is 0 Å². The highest BCUT2D eigenvalue weighted by atomic mass is 16.5. The van der Waals surface area contributed by atoms with E-state index in [9.17, 15) is 4.79 Å². The Hall–Kier alpha value is -3.25. The van der Waals surface area contributed by atoms with Gasteiger partial charge in [-0.15, -0.1) is 0 Å². The summed E-state index contributed by atoms with van der Waals surface area (Å²) in [7, 11) is 0. The smallest absolute Gasteiger partial charge is 0.356 e. The Morgan fingerprint density at radius 3 is 2.83 bits per heavy atom. The highest BCUT2D eigenvalue weighted by molar-refractivity contribution is 5.92. The van der Waals surface area contributed by atoms with Gasteiger partial charge in [-0.3, -0.25) is 9.67 Å². The molecule has 0 fully saturated rings. The number of hydrogen-bond acceptors (Lipinski definition) is 5. The fourth-order valence-electron chi connectivity index (χ4n) is 3.68. The first kappa shape index (κ1) is 19.1. The van der Waals surface area contributed by atoms with Crippen molar-refractivity contribution in [2.45, 2.75) is 26.3 Å². The van der Waals surface area contributed by atoms with Crippen molar-refractivity contribution in [3.8, 4) is 11.3 Å². The number of nitrogens with two attached hydrogens (primary N) is 1. The number of aryl methyl sites for hydroxylation is 1. The quantitative estimate of drug-likeness (QED) is 0.655. The molecular formula is C23H24N4O2. The molecule has 1 aliphatic carbocycles. The van der Waals surface area contributed by atoms with E-state index in [1.807, 2.05) is 54.7 Å². The summed E-state index contributed by atoms with van der Waals surface area (Å²) in [6, 6.07) is 12.1. The average molecular weight is 388 g/mol. The number of hydrogen-bond donors (Lipinski definition) is 1. The summed E-state index contributed by atoms with van der Waals surface area (Å²) in [4.78, 5) is 17.1. The number of aromatic nitrogens is 3. The van der Waals surface area contributed by atoms with Crippen molar-refractivity contribution in [1.29, 1.82) is 0 Å². The molecule has 29 heavy (non-hydrogen) atoms. The summed E-state index contributed by atoms with van der Waals surface area (Å²) in [6.45, 7) is 3.01. The average Bonchev–Trinajstić information content (AvgIpc) is 3.12. The molecule has 1 aliphatic rings. The van der Waals surface area contributed by atoms with Gasteiger partial charge in [-0.1, -0.05) is 36.4 Å². The molecule has 6 nitrogen and oxygen atoms in total. The Labute approximate surface area is 170 Å². The molecule has 2 heterocycles. The lowest BCUT2D eigenvalue weighted by Crippen LogP contribution is -2.19. The third-order valence-corrected chi connectivity index (χ3v) is 5.01. The third kappa shape index (κ3) is 3.84. The van der Waals surface area contributed by atoms with Gasteiger partial charge in [0.2, 0.25) is 0 Å². The number of carbonyl (C=O) groups is 1. The molecule has 0 bridgehead atoms. The van der Waals surface area contributed by atoms with Crippen molar-refractivity contribution in [2.75, 3.05) is 13.2 Å². The SMILES string of the molecule is CCOC(=O)c1c2c(nn1CCN)-c1cc(C=Cc3ccccc3)ncc1CC2. The summed E-state index contributed by atoms with van der Waals surface area (Å²) in [5, 5.41) is 4.73. The predicted molar refractivity (Wildman–Crippen MR) is 113 cm³/mol. The number of nitrogens with zero attached hydrogens (tertiary/aromatic N) is 3. The van der Waals surface area contributed by atoms with Gasteiger partial charge in [0.1, 0.15) is 5.69 Å². The lowest BCUT2D eigenvalue weighted by molar-refractivity contribution is 0.0510. The third-order valence-electron chi connectivity index (χ3n) is 5.01. The van der Waals surface area contributed by atoms with E-state index in [0.717, 1.165) is 46.5 Å². The molecule has 4 rings (SSSR count). The first-order chi connectivity index (χ1) is 14.2. The van der Waals surface area contributed by atoms with Crippen LogP contribution in [0.1, 0.15) is 39.8 Å². The van der Waals surface area contributed by atoms with Crippen LogP contribution in [0.5, 0.6) is 0 Å². The summed E-state index contributed by atoms with van der Waals surface area (Å²) >= 11 is 0. The van der Waals surface area contributed by atoms with E-state index in [4.69, 9.17) is 15.6 Å². The van der Waals surface area contributed by atoms with Crippen molar-refractivity contribution in [3.63, 3.8) is 0 Å². The van der Waals surface area contributed by atoms with Gasteiger partial charge in [-0.25, -0.2) is 4.79 Å². The largest absolute Gasteiger partial charge is 0.461 e. The lowest BCUT2D eigenvalue weighted by Gasteiger charge is -2.16. The molecule has 0 aliphatic heterocycles. The van der Waals surface area contributed by atoms with E-state index in [-0.39, 0.29) is 5.97 Å². The predicted octanol–water partition coefficient (Wildman–Crippen LogP) is 3.35. The standard InChI is InChI=1S/C23H24N4O2/c1-2-29-23(28)22-19-11-9-17-15-25-18(10-8-16-6-4-3-5-7-16)14-20(17)21(19)26-27(22)13-12-24/h3-8,10,14-15H,2,9,11-13,24H2,1H3. The number of esters is 1. The Morgan fingerprint density at radius 1 is 1.24 bits per heavy atom. The Morgan fingerprint density at radius 2 is 2.07 bits per heavy atom. The molecule has 0 amide bonds. The Balaban J connectivity index is 1.74. The molecule has 148 valence electrons. The van der Waals surface area contributed by atoms with Gasteiger partial charge in [0, 0.05) is 23.9 Å². The second kappa shape index (κ2) is 8.41. The van der Waals surface area contributed by atoms with Gasteiger partial charge < -0.3 is 10.5 Å². The van der Waals surface area contributed by atoms with E-state index in [2.05, 4.69) is 4.98 Å². The van der Waals surface area contributed by atoms with Gasteiger partial charge in [-0.05, 0) is 43.0 Å². The molecule has 0 spiro atoms. The maximum atomic E-state index is 12.6. The molecule has 0 unspecified atom stereocenters. The maximum Gasteiger partial charge on any atom is 0.356 e. The van der Waals surface area contributed by atoms with Crippen molar-refractivity contribution in [2.24, 2.45) is 5.73 Å². The monoisotopic (exact) mass is 388 g/mol. The van der Waals surface area contributed by atoms with Gasteiger partial charge in [0.25, 0.3) is 0 Å². The van der Waals surface area contributed by atoms with E-state index < -0.39 is 0 Å². The molecule has 2 aromatic heterocycles. The molecule has 0 saturated carbocycles. The van der Waals surface area contributed by atoms with Crippen molar-refractivity contribution in [3.05, 3.63) is 70.7 Å². The summed E-state index contributed by atoms with van der Waals surface area (Å²) in [5.41, 5.74) is 12.2. The fourth-order valence-corrected chi connectivity index (χ4v) is 3.68. The number of rotatable bonds is 6. The van der Waals surface area contributed by atoms with Crippen LogP contribution in [-0.2, 0) is 24.1 Å². The number of pyridine rings is 1. The minimum atomic E-state index is -0.337. The molecule has 3 aromatic rings. The summed E-state index contributed by atoms with van der Waals surface area (Å²) < 4.78 is 6.97. The van der Waals surface area contributed by atoms with Crippen LogP contribution in [0.2, 0.25) is 0 Å². The van der Waals surface area contributed by atoms with Crippen LogP contribution in [0.15, 0.2) is 42.6 Å². The van der Waals surface area contributed by atoms with Crippen molar-refractivity contribution >= 4 is 18.1 Å². The zero-order valence-corrected chi connectivity index (χ0v) is 16.5. The molecule has 6 heteroatoms. The maximum absolute atomic E-state index is 12.6. The van der Waals surface area contributed by atoms with Gasteiger partial charge in [-0.2, -0.15) is 5.10 Å². The molecule has 2 N–H and O–H groups in total. The van der Waals surface area contributed by atoms with Crippen LogP contribution in [0.4, 0.5) is 0 Å². The van der Waals surface area contributed by atoms with Crippen LogP contribution < -0.4 is 5.73 Å². The number of benzene rings is 1. The normalized spacial score (nSPS) is 12.6. The first-order valence-corrected chi connectivity index (χ1v) is 9.90. The van der Waals surface area contributed by atoms with E-state index in [0.29, 0.717) is 25.4 Å². The Bertz CT molecular complexity index is 1050. The van der Waals surface area contributed by atoms with Crippen LogP contribution in [-0.4, -0.2) is 33.9 Å². The zero-order chi connectivity index (χ0) is 20.2. The zero-order valence-electron chi connectivity index (χ0n) is 16.5. The molecule has 0 saturated heterocycles. The number of carbonyl (C=O) groups excluding carboxylic acids is 1. The van der Waals surface area contributed by atoms with E-state index in [1.54, 1.807) is 11.6 Å². The van der Waals surface area contributed by atoms with Crippen LogP contribution in [0.3, 0.4) is 0 Å². The molecule has 1 aromatic carbocycles. The first-order valence-electron chi connectivity index (χ1n) is 9.90. The van der Waals surface area contributed by atoms with Crippen molar-refractivity contribution < 1.29 is 9.53 Å². The van der Waals surface area contributed by atoms with E-state index >= 15 is 0 Å². The minimum Gasteiger partial charge on any atom is -0.461 e. The lowest BCUT2D eigenvalue weighted by atomic mass is 9.89.